The molecule has 3 rings (SSSR count). The second-order valence-corrected chi connectivity index (χ2v) is 6.89. The highest BCUT2D eigenvalue weighted by molar-refractivity contribution is 9.10. The third-order valence-electron chi connectivity index (χ3n) is 3.96. The monoisotopic (exact) mass is 456 g/mol. The van der Waals surface area contributed by atoms with Crippen molar-refractivity contribution < 1.29 is 19.1 Å². The Kier molecular flexibility index (Phi) is 8.48. The highest BCUT2D eigenvalue weighted by atomic mass is 79.9. The number of aromatic nitrogens is 2. The lowest BCUT2D eigenvalue weighted by Crippen LogP contribution is -2.06. The molecule has 0 aliphatic heterocycles. The summed E-state index contributed by atoms with van der Waals surface area (Å²) in [5.41, 5.74) is 4.32. The number of nitrogens with zero attached hydrogens (tertiary/aromatic N) is 2. The Hall–Kier alpha value is -3.06. The number of aryl methyl sites for hydroxylation is 1. The number of pyridine rings is 2. The molecule has 0 fully saturated rings. The number of methoxy groups -OCH3 is 2. The number of ether oxygens (including phenoxy) is 2. The molecule has 3 aromatic rings. The van der Waals surface area contributed by atoms with Crippen molar-refractivity contribution in [2.75, 3.05) is 14.2 Å². The van der Waals surface area contributed by atoms with Crippen LogP contribution in [0.4, 0.5) is 0 Å². The summed E-state index contributed by atoms with van der Waals surface area (Å²) in [6.45, 7) is 2.05. The molecule has 0 aliphatic carbocycles. The SMILES string of the molecule is COC(=O)c1ccncc1Br.COC(=O)c1ccncc1Cc1cccc(C)c1. The maximum Gasteiger partial charge on any atom is 0.339 e. The Morgan fingerprint density at radius 3 is 2.17 bits per heavy atom. The van der Waals surface area contributed by atoms with Crippen molar-refractivity contribution in [3.05, 3.63) is 93.5 Å². The molecule has 0 unspecified atom stereocenters. The Balaban J connectivity index is 0.000000234. The van der Waals surface area contributed by atoms with Gasteiger partial charge < -0.3 is 9.47 Å². The molecule has 0 amide bonds. The lowest BCUT2D eigenvalue weighted by molar-refractivity contribution is 0.0590. The third kappa shape index (κ3) is 6.50. The van der Waals surface area contributed by atoms with Crippen LogP contribution in [0.2, 0.25) is 0 Å². The van der Waals surface area contributed by atoms with Crippen LogP contribution in [0.1, 0.15) is 37.4 Å². The molecule has 0 N–H and O–H groups in total. The molecule has 1 aromatic carbocycles. The summed E-state index contributed by atoms with van der Waals surface area (Å²) in [4.78, 5) is 30.5. The van der Waals surface area contributed by atoms with Crippen LogP contribution in [-0.4, -0.2) is 36.1 Å². The summed E-state index contributed by atoms with van der Waals surface area (Å²) < 4.78 is 9.94. The van der Waals surface area contributed by atoms with E-state index in [2.05, 4.69) is 36.7 Å². The molecule has 29 heavy (non-hydrogen) atoms. The van der Waals surface area contributed by atoms with Crippen molar-refractivity contribution in [1.82, 2.24) is 9.97 Å². The molecule has 2 heterocycles. The molecule has 0 spiro atoms. The maximum atomic E-state index is 11.6. The lowest BCUT2D eigenvalue weighted by atomic mass is 10.0. The molecule has 0 aliphatic rings. The first kappa shape index (κ1) is 22.2. The van der Waals surface area contributed by atoms with E-state index in [4.69, 9.17) is 4.74 Å². The Bertz CT molecular complexity index is 992. The van der Waals surface area contributed by atoms with Gasteiger partial charge in [0.2, 0.25) is 0 Å². The van der Waals surface area contributed by atoms with Gasteiger partial charge in [-0.3, -0.25) is 9.97 Å². The molecule has 0 bridgehead atoms. The van der Waals surface area contributed by atoms with E-state index in [0.29, 0.717) is 22.0 Å². The Morgan fingerprint density at radius 1 is 0.931 bits per heavy atom. The quantitative estimate of drug-likeness (QED) is 0.541. The molecule has 0 saturated carbocycles. The van der Waals surface area contributed by atoms with Gasteiger partial charge in [0.1, 0.15) is 0 Å². The number of halogens is 1. The normalized spacial score (nSPS) is 9.79. The fraction of sp³-hybridized carbons (Fsp3) is 0.182. The van der Waals surface area contributed by atoms with Crippen LogP contribution >= 0.6 is 15.9 Å². The van der Waals surface area contributed by atoms with Crippen molar-refractivity contribution in [2.45, 2.75) is 13.3 Å². The average molecular weight is 457 g/mol. The van der Waals surface area contributed by atoms with E-state index in [-0.39, 0.29) is 11.9 Å². The third-order valence-corrected chi connectivity index (χ3v) is 4.60. The zero-order valence-electron chi connectivity index (χ0n) is 16.4. The molecule has 2 aromatic heterocycles. The highest BCUT2D eigenvalue weighted by Crippen LogP contribution is 2.16. The van der Waals surface area contributed by atoms with Gasteiger partial charge in [-0.25, -0.2) is 9.59 Å². The summed E-state index contributed by atoms with van der Waals surface area (Å²) in [6, 6.07) is 11.5. The number of carbonyl (C=O) groups is 2. The summed E-state index contributed by atoms with van der Waals surface area (Å²) in [5, 5.41) is 0. The number of benzene rings is 1. The molecule has 0 atom stereocenters. The van der Waals surface area contributed by atoms with Gasteiger partial charge in [-0.15, -0.1) is 0 Å². The van der Waals surface area contributed by atoms with E-state index >= 15 is 0 Å². The molecular weight excluding hydrogens is 436 g/mol. The van der Waals surface area contributed by atoms with E-state index in [9.17, 15) is 9.59 Å². The van der Waals surface area contributed by atoms with Crippen LogP contribution in [0.15, 0.2) is 65.7 Å². The predicted molar refractivity (Wildman–Crippen MR) is 113 cm³/mol. The van der Waals surface area contributed by atoms with Crippen LogP contribution in [-0.2, 0) is 15.9 Å². The standard InChI is InChI=1S/C15H15NO2.C7H6BrNO2/c1-11-4-3-5-12(8-11)9-13-10-16-7-6-14(13)15(17)18-2;1-11-7(10)5-2-3-9-4-6(5)8/h3-8,10H,9H2,1-2H3;2-4H,1H3. The van der Waals surface area contributed by atoms with Crippen molar-refractivity contribution in [3.63, 3.8) is 0 Å². The Labute approximate surface area is 178 Å². The van der Waals surface area contributed by atoms with E-state index in [0.717, 1.165) is 11.1 Å². The lowest BCUT2D eigenvalue weighted by Gasteiger charge is -2.07. The van der Waals surface area contributed by atoms with Crippen LogP contribution in [0.5, 0.6) is 0 Å². The number of esters is 2. The summed E-state index contributed by atoms with van der Waals surface area (Å²) >= 11 is 3.17. The van der Waals surface area contributed by atoms with Crippen molar-refractivity contribution in [2.24, 2.45) is 0 Å². The zero-order chi connectivity index (χ0) is 21.2. The van der Waals surface area contributed by atoms with E-state index in [1.807, 2.05) is 25.1 Å². The smallest absolute Gasteiger partial charge is 0.339 e. The molecule has 150 valence electrons. The number of rotatable bonds is 4. The molecule has 0 radical (unpaired) electrons. The molecular formula is C22H21BrN2O4. The van der Waals surface area contributed by atoms with Crippen molar-refractivity contribution >= 4 is 27.9 Å². The topological polar surface area (TPSA) is 78.4 Å². The first-order valence-electron chi connectivity index (χ1n) is 8.70. The van der Waals surface area contributed by atoms with Gasteiger partial charge >= 0.3 is 11.9 Å². The van der Waals surface area contributed by atoms with Gasteiger partial charge in [0.05, 0.1) is 29.8 Å². The van der Waals surface area contributed by atoms with Gasteiger partial charge in [-0.1, -0.05) is 29.8 Å². The van der Waals surface area contributed by atoms with Gasteiger partial charge in [0.15, 0.2) is 0 Å². The molecule has 0 saturated heterocycles. The summed E-state index contributed by atoms with van der Waals surface area (Å²) in [6.07, 6.45) is 7.09. The van der Waals surface area contributed by atoms with Crippen molar-refractivity contribution in [3.8, 4) is 0 Å². The van der Waals surface area contributed by atoms with Crippen LogP contribution in [0.25, 0.3) is 0 Å². The van der Waals surface area contributed by atoms with Gasteiger partial charge in [0.25, 0.3) is 0 Å². The van der Waals surface area contributed by atoms with E-state index < -0.39 is 0 Å². The van der Waals surface area contributed by atoms with Gasteiger partial charge in [-0.05, 0) is 52.5 Å². The van der Waals surface area contributed by atoms with E-state index in [1.165, 1.54) is 26.0 Å². The molecule has 7 heteroatoms. The van der Waals surface area contributed by atoms with Crippen LogP contribution < -0.4 is 0 Å². The number of hydrogen-bond acceptors (Lipinski definition) is 6. The molecule has 6 nitrogen and oxygen atoms in total. The minimum atomic E-state index is -0.362. The predicted octanol–water partition coefficient (Wildman–Crippen LogP) is 4.40. The summed E-state index contributed by atoms with van der Waals surface area (Å²) in [5.74, 6) is -0.681. The number of hydrogen-bond donors (Lipinski definition) is 0. The average Bonchev–Trinajstić information content (AvgIpc) is 2.74. The highest BCUT2D eigenvalue weighted by Gasteiger charge is 2.11. The minimum Gasteiger partial charge on any atom is -0.465 e. The van der Waals surface area contributed by atoms with Crippen LogP contribution in [0.3, 0.4) is 0 Å². The van der Waals surface area contributed by atoms with Crippen LogP contribution in [0, 0.1) is 6.92 Å². The van der Waals surface area contributed by atoms with Gasteiger partial charge in [-0.2, -0.15) is 0 Å². The Morgan fingerprint density at radius 2 is 1.55 bits per heavy atom. The first-order chi connectivity index (χ1) is 14.0. The summed E-state index contributed by atoms with van der Waals surface area (Å²) in [7, 11) is 2.73. The maximum absolute atomic E-state index is 11.6. The van der Waals surface area contributed by atoms with Gasteiger partial charge in [0, 0.05) is 24.8 Å². The van der Waals surface area contributed by atoms with E-state index in [1.54, 1.807) is 30.7 Å². The van der Waals surface area contributed by atoms with Crippen molar-refractivity contribution in [1.29, 1.82) is 0 Å². The second-order valence-electron chi connectivity index (χ2n) is 6.04. The fourth-order valence-corrected chi connectivity index (χ4v) is 2.98. The number of carbonyl (C=O) groups excluding carboxylic acids is 2. The second kappa shape index (κ2) is 11.1. The zero-order valence-corrected chi connectivity index (χ0v) is 18.0. The largest absolute Gasteiger partial charge is 0.465 e. The fourth-order valence-electron chi connectivity index (χ4n) is 2.57. The minimum absolute atomic E-state index is 0.319. The first-order valence-corrected chi connectivity index (χ1v) is 9.50.